The van der Waals surface area contributed by atoms with Crippen molar-refractivity contribution in [2.45, 2.75) is 22.9 Å². The van der Waals surface area contributed by atoms with E-state index in [2.05, 4.69) is 153 Å². The molecule has 0 amide bonds. The molecule has 0 atom stereocenters. The van der Waals surface area contributed by atoms with Crippen LogP contribution in [0.5, 0.6) is 0 Å². The van der Waals surface area contributed by atoms with Crippen molar-refractivity contribution in [3.63, 3.8) is 0 Å². The zero-order valence-electron chi connectivity index (χ0n) is 26.0. The van der Waals surface area contributed by atoms with E-state index in [0.29, 0.717) is 9.59 Å². The minimum absolute atomic E-state index is 0. The van der Waals surface area contributed by atoms with Crippen LogP contribution < -0.4 is 24.8 Å². The van der Waals surface area contributed by atoms with Gasteiger partial charge in [-0.1, -0.05) is 55.5 Å². The standard InChI is InChI=1S/C23H18.C21H13.2ClH.Hf/c1-2-19-20-11-15-7-3-5-9-17(15)13-22(20)23-14-18-10-6-4-8-16(18)12-21(19)23;1-3-7-16-12-20-18(9-14(16)5-1)11-19-10-15-6-2-4-8-17(15)13-21(19)20;;;/h3-14,19H,2H2,1H3;1-13H;2*1H;/q;;;;+2/p-2. The zero-order valence-corrected chi connectivity index (χ0v) is 31.1. The Morgan fingerprint density at radius 3 is 0.894 bits per heavy atom. The van der Waals surface area contributed by atoms with Crippen LogP contribution in [-0.4, -0.2) is 0 Å². The molecule has 2 aliphatic rings. The maximum absolute atomic E-state index is 2.41. The molecule has 0 N–H and O–H groups in total. The van der Waals surface area contributed by atoms with Crippen LogP contribution in [0, 0.1) is 0 Å². The Labute approximate surface area is 303 Å². The molecule has 0 radical (unpaired) electrons. The van der Waals surface area contributed by atoms with Gasteiger partial charge in [-0.05, 0) is 74.5 Å². The Kier molecular flexibility index (Phi) is 8.60. The van der Waals surface area contributed by atoms with Crippen LogP contribution in [0.1, 0.15) is 45.2 Å². The van der Waals surface area contributed by atoms with Gasteiger partial charge in [0.25, 0.3) is 0 Å². The summed E-state index contributed by atoms with van der Waals surface area (Å²) in [5.74, 6) is 0.522. The predicted molar refractivity (Wildman–Crippen MR) is 188 cm³/mol. The third-order valence-corrected chi connectivity index (χ3v) is 12.3. The Morgan fingerprint density at radius 1 is 0.383 bits per heavy atom. The van der Waals surface area contributed by atoms with Crippen molar-refractivity contribution < 1.29 is 49.2 Å². The van der Waals surface area contributed by atoms with Gasteiger partial charge in [0, 0.05) is 5.92 Å². The molecule has 0 bridgehead atoms. The molecule has 225 valence electrons. The van der Waals surface area contributed by atoms with Crippen molar-refractivity contribution >= 4 is 43.1 Å². The van der Waals surface area contributed by atoms with Crippen LogP contribution in [-0.2, 0) is 24.4 Å². The monoisotopic (exact) mass is 809 g/mol. The molecule has 3 heteroatoms. The molecule has 8 aromatic rings. The third-order valence-electron chi connectivity index (χ3n) is 10.0. The fourth-order valence-corrected chi connectivity index (χ4v) is 9.51. The number of hydrogen-bond donors (Lipinski definition) is 0. The molecule has 0 spiro atoms. The first-order valence-corrected chi connectivity index (χ1v) is 18.1. The molecule has 0 unspecified atom stereocenters. The quantitative estimate of drug-likeness (QED) is 0.175. The molecule has 10 rings (SSSR count). The minimum atomic E-state index is 0. The van der Waals surface area contributed by atoms with Gasteiger partial charge in [0.05, 0.1) is 0 Å². The molecule has 0 nitrogen and oxygen atoms in total. The molecular weight excluding hydrogens is 778 g/mol. The van der Waals surface area contributed by atoms with E-state index in [1.807, 2.05) is 0 Å². The summed E-state index contributed by atoms with van der Waals surface area (Å²) in [5.41, 5.74) is 11.8. The van der Waals surface area contributed by atoms with E-state index in [-0.39, 0.29) is 24.8 Å². The van der Waals surface area contributed by atoms with Gasteiger partial charge in [-0.15, -0.1) is 0 Å². The molecule has 0 heterocycles. The van der Waals surface area contributed by atoms with Crippen LogP contribution in [0.2, 0.25) is 0 Å². The SMILES string of the molecule is CCC1c2cc3ccccc3cc2-c2cc3ccccc3cc21.[Cl-].[Cl-].[Hf+2][CH]1c2cc3ccccc3cc2-c2cc3ccccc3cc21. The third kappa shape index (κ3) is 5.24. The molecule has 2 aliphatic carbocycles. The summed E-state index contributed by atoms with van der Waals surface area (Å²) in [4.78, 5) is 0. The summed E-state index contributed by atoms with van der Waals surface area (Å²) in [6, 6.07) is 54.0. The van der Waals surface area contributed by atoms with Crippen LogP contribution >= 0.6 is 0 Å². The van der Waals surface area contributed by atoms with Gasteiger partial charge in [0.15, 0.2) is 0 Å². The number of hydrogen-bond acceptors (Lipinski definition) is 0. The van der Waals surface area contributed by atoms with E-state index in [0.717, 1.165) is 30.8 Å². The average Bonchev–Trinajstić information content (AvgIpc) is 3.53. The zero-order chi connectivity index (χ0) is 30.1. The van der Waals surface area contributed by atoms with Gasteiger partial charge in [0.1, 0.15) is 0 Å². The summed E-state index contributed by atoms with van der Waals surface area (Å²) in [6.45, 7) is 2.30. The second-order valence-corrected chi connectivity index (χ2v) is 14.6. The molecule has 0 saturated heterocycles. The van der Waals surface area contributed by atoms with E-state index in [9.17, 15) is 0 Å². The number of rotatable bonds is 1. The Morgan fingerprint density at radius 2 is 0.617 bits per heavy atom. The fraction of sp³-hybridized carbons (Fsp3) is 0.0909. The van der Waals surface area contributed by atoms with E-state index >= 15 is 0 Å². The van der Waals surface area contributed by atoms with Crippen LogP contribution in [0.15, 0.2) is 146 Å². The van der Waals surface area contributed by atoms with Gasteiger partial charge in [-0.2, -0.15) is 0 Å². The van der Waals surface area contributed by atoms with Crippen molar-refractivity contribution in [3.8, 4) is 22.3 Å². The predicted octanol–water partition coefficient (Wildman–Crippen LogP) is 6.13. The van der Waals surface area contributed by atoms with E-state index < -0.39 is 0 Å². The van der Waals surface area contributed by atoms with Gasteiger partial charge < -0.3 is 24.8 Å². The van der Waals surface area contributed by atoms with E-state index in [4.69, 9.17) is 0 Å². The number of benzene rings is 8. The Bertz CT molecular complexity index is 2290. The van der Waals surface area contributed by atoms with Gasteiger partial charge in [-0.3, -0.25) is 0 Å². The van der Waals surface area contributed by atoms with Crippen LogP contribution in [0.4, 0.5) is 0 Å². The molecule has 0 aliphatic heterocycles. The molecular formula is C44H31Cl2Hf. The first kappa shape index (κ1) is 31.8. The Balaban J connectivity index is 0.000000143. The van der Waals surface area contributed by atoms with Crippen molar-refractivity contribution in [2.24, 2.45) is 0 Å². The van der Waals surface area contributed by atoms with Gasteiger partial charge in [-0.25, -0.2) is 0 Å². The molecule has 47 heavy (non-hydrogen) atoms. The van der Waals surface area contributed by atoms with Crippen LogP contribution in [0.3, 0.4) is 0 Å². The average molecular weight is 809 g/mol. The Hall–Kier alpha value is -3.75. The second kappa shape index (κ2) is 12.7. The van der Waals surface area contributed by atoms with E-state index in [1.54, 1.807) is 0 Å². The van der Waals surface area contributed by atoms with E-state index in [1.165, 1.54) is 87.6 Å². The van der Waals surface area contributed by atoms with Crippen molar-refractivity contribution in [3.05, 3.63) is 168 Å². The molecule has 0 fully saturated rings. The second-order valence-electron chi connectivity index (χ2n) is 12.5. The number of fused-ring (bicyclic) bond motifs is 10. The summed E-state index contributed by atoms with van der Waals surface area (Å²) in [5, 5.41) is 10.8. The normalized spacial score (nSPS) is 12.9. The summed E-state index contributed by atoms with van der Waals surface area (Å²) >= 11 is 1.16. The first-order valence-electron chi connectivity index (χ1n) is 16.0. The molecule has 0 saturated carbocycles. The van der Waals surface area contributed by atoms with Gasteiger partial charge >= 0.3 is 145 Å². The van der Waals surface area contributed by atoms with Crippen LogP contribution in [0.25, 0.3) is 65.3 Å². The summed E-state index contributed by atoms with van der Waals surface area (Å²) in [6.07, 6.45) is 1.15. The summed E-state index contributed by atoms with van der Waals surface area (Å²) < 4.78 is 0.610. The van der Waals surface area contributed by atoms with Crippen molar-refractivity contribution in [1.82, 2.24) is 0 Å². The molecule has 8 aromatic carbocycles. The maximum atomic E-state index is 2.41. The van der Waals surface area contributed by atoms with Crippen molar-refractivity contribution in [1.29, 1.82) is 0 Å². The molecule has 0 aromatic heterocycles. The first-order chi connectivity index (χ1) is 22.2. The summed E-state index contributed by atoms with van der Waals surface area (Å²) in [7, 11) is 0. The number of halogens is 2. The van der Waals surface area contributed by atoms with Gasteiger partial charge in [0.2, 0.25) is 0 Å². The fourth-order valence-electron chi connectivity index (χ4n) is 7.79. The topological polar surface area (TPSA) is 0 Å². The van der Waals surface area contributed by atoms with Crippen molar-refractivity contribution in [2.75, 3.05) is 0 Å².